The van der Waals surface area contributed by atoms with Gasteiger partial charge >= 0.3 is 5.97 Å². The smallest absolute Gasteiger partial charge is 0.335 e. The second-order valence-electron chi connectivity index (χ2n) is 7.59. The molecular formula is C23H31NO7. The summed E-state index contributed by atoms with van der Waals surface area (Å²) in [5, 5.41) is 9.18. The van der Waals surface area contributed by atoms with Crippen LogP contribution in [0.25, 0.3) is 11.5 Å². The van der Waals surface area contributed by atoms with E-state index in [1.54, 1.807) is 14.0 Å². The van der Waals surface area contributed by atoms with Gasteiger partial charge in [-0.15, -0.1) is 0 Å². The number of hydrogen-bond donors (Lipinski definition) is 1. The fourth-order valence-electron chi connectivity index (χ4n) is 3.66. The predicted octanol–water partition coefficient (Wildman–Crippen LogP) is 3.99. The van der Waals surface area contributed by atoms with Crippen LogP contribution in [0.5, 0.6) is 5.75 Å². The lowest BCUT2D eigenvalue weighted by Gasteiger charge is -2.29. The maximum absolute atomic E-state index is 11.2. The van der Waals surface area contributed by atoms with Gasteiger partial charge in [-0.25, -0.2) is 9.78 Å². The molecule has 1 N–H and O–H groups in total. The maximum Gasteiger partial charge on any atom is 0.335 e. The number of hydrogen-bond acceptors (Lipinski definition) is 7. The average Bonchev–Trinajstić information content (AvgIpc) is 3.16. The van der Waals surface area contributed by atoms with Crippen LogP contribution in [0.4, 0.5) is 0 Å². The van der Waals surface area contributed by atoms with Gasteiger partial charge in [-0.3, -0.25) is 0 Å². The molecule has 0 aliphatic heterocycles. The van der Waals surface area contributed by atoms with Crippen molar-refractivity contribution in [2.24, 2.45) is 0 Å². The highest BCUT2D eigenvalue weighted by Crippen LogP contribution is 2.28. The minimum absolute atomic E-state index is 0.0329. The lowest BCUT2D eigenvalue weighted by atomic mass is 9.95. The molecule has 1 aromatic carbocycles. The summed E-state index contributed by atoms with van der Waals surface area (Å²) in [5.74, 6) is 1.01. The van der Waals surface area contributed by atoms with Gasteiger partial charge in [0.05, 0.1) is 32.5 Å². The number of methoxy groups -OCH3 is 1. The number of carboxylic acid groups (broad SMARTS) is 1. The fourth-order valence-corrected chi connectivity index (χ4v) is 3.66. The maximum atomic E-state index is 11.2. The molecular weight excluding hydrogens is 402 g/mol. The third kappa shape index (κ3) is 6.53. The molecule has 1 aliphatic carbocycles. The van der Waals surface area contributed by atoms with Gasteiger partial charge < -0.3 is 28.5 Å². The molecule has 1 heterocycles. The van der Waals surface area contributed by atoms with Crippen LogP contribution in [0.2, 0.25) is 0 Å². The van der Waals surface area contributed by atoms with E-state index < -0.39 is 12.1 Å². The first-order valence-corrected chi connectivity index (χ1v) is 10.7. The summed E-state index contributed by atoms with van der Waals surface area (Å²) < 4.78 is 28.2. The molecule has 31 heavy (non-hydrogen) atoms. The summed E-state index contributed by atoms with van der Waals surface area (Å²) in [6, 6.07) is 7.57. The predicted molar refractivity (Wildman–Crippen MR) is 113 cm³/mol. The summed E-state index contributed by atoms with van der Waals surface area (Å²) >= 11 is 0. The van der Waals surface area contributed by atoms with Crippen LogP contribution in [0.15, 0.2) is 28.7 Å². The van der Waals surface area contributed by atoms with Crippen molar-refractivity contribution < 1.29 is 33.3 Å². The molecule has 170 valence electrons. The Morgan fingerprint density at radius 3 is 2.77 bits per heavy atom. The molecule has 1 fully saturated rings. The molecule has 8 heteroatoms. The van der Waals surface area contributed by atoms with Crippen LogP contribution in [0.3, 0.4) is 0 Å². The van der Waals surface area contributed by atoms with E-state index in [9.17, 15) is 9.90 Å². The van der Waals surface area contributed by atoms with Crippen molar-refractivity contribution in [3.05, 3.63) is 35.7 Å². The van der Waals surface area contributed by atoms with Crippen molar-refractivity contribution in [2.45, 2.75) is 64.4 Å². The summed E-state index contributed by atoms with van der Waals surface area (Å²) in [6.45, 7) is 4.39. The Labute approximate surface area is 182 Å². The highest BCUT2D eigenvalue weighted by molar-refractivity contribution is 5.72. The minimum atomic E-state index is -1.00. The van der Waals surface area contributed by atoms with Crippen LogP contribution in [0.1, 0.15) is 44.1 Å². The number of aliphatic carboxylic acids is 1. The van der Waals surface area contributed by atoms with Gasteiger partial charge in [-0.05, 0) is 57.7 Å². The second-order valence-corrected chi connectivity index (χ2v) is 7.59. The zero-order chi connectivity index (χ0) is 22.2. The number of carbonyl (C=O) groups is 1. The second kappa shape index (κ2) is 11.3. The van der Waals surface area contributed by atoms with Gasteiger partial charge in [0.25, 0.3) is 0 Å². The molecule has 3 rings (SSSR count). The van der Waals surface area contributed by atoms with E-state index in [-0.39, 0.29) is 18.8 Å². The van der Waals surface area contributed by atoms with Gasteiger partial charge in [-0.1, -0.05) is 6.07 Å². The van der Waals surface area contributed by atoms with Gasteiger partial charge in [0.2, 0.25) is 5.89 Å². The Hall–Kier alpha value is -2.42. The number of carboxylic acids is 1. The lowest BCUT2D eigenvalue weighted by molar-refractivity contribution is -0.157. The summed E-state index contributed by atoms with van der Waals surface area (Å²) in [4.78, 5) is 15.8. The van der Waals surface area contributed by atoms with E-state index in [1.165, 1.54) is 0 Å². The van der Waals surface area contributed by atoms with Crippen molar-refractivity contribution in [2.75, 3.05) is 20.3 Å². The first-order chi connectivity index (χ1) is 15.0. The number of oxazole rings is 1. The first-order valence-electron chi connectivity index (χ1n) is 10.7. The van der Waals surface area contributed by atoms with Gasteiger partial charge in [0.1, 0.15) is 17.2 Å². The molecule has 0 saturated heterocycles. The molecule has 1 aromatic heterocycles. The van der Waals surface area contributed by atoms with Crippen molar-refractivity contribution in [1.29, 1.82) is 0 Å². The summed E-state index contributed by atoms with van der Waals surface area (Å²) in [5.41, 5.74) is 1.62. The summed E-state index contributed by atoms with van der Waals surface area (Å²) in [6.07, 6.45) is 2.58. The number of benzene rings is 1. The number of ether oxygens (including phenoxy) is 4. The topological polar surface area (TPSA) is 100 Å². The average molecular weight is 434 g/mol. The first kappa shape index (κ1) is 23.2. The number of rotatable bonds is 11. The van der Waals surface area contributed by atoms with E-state index in [0.717, 1.165) is 48.5 Å². The van der Waals surface area contributed by atoms with E-state index >= 15 is 0 Å². The Kier molecular flexibility index (Phi) is 8.45. The highest BCUT2D eigenvalue weighted by atomic mass is 16.6. The molecule has 0 radical (unpaired) electrons. The van der Waals surface area contributed by atoms with E-state index in [1.807, 2.05) is 31.2 Å². The molecule has 1 saturated carbocycles. The standard InChI is InChI=1S/C23H31NO7/c1-4-28-21(23(25)26)14-30-19-10-6-9-18(12-19)29-13-20-15(2)31-22(24-20)16-7-5-8-17(11-16)27-3/h5,7-8,11,18-19,21H,4,6,9-10,12-14H2,1-3H3,(H,25,26)/t18-,19+,21?/m0/s1. The molecule has 1 aliphatic rings. The van der Waals surface area contributed by atoms with E-state index in [4.69, 9.17) is 23.4 Å². The van der Waals surface area contributed by atoms with Crippen LogP contribution in [-0.2, 0) is 25.6 Å². The van der Waals surface area contributed by atoms with Gasteiger partial charge in [0.15, 0.2) is 6.10 Å². The van der Waals surface area contributed by atoms with Crippen molar-refractivity contribution in [3.8, 4) is 17.2 Å². The Morgan fingerprint density at radius 2 is 2.06 bits per heavy atom. The molecule has 0 amide bonds. The van der Waals surface area contributed by atoms with Crippen molar-refractivity contribution in [1.82, 2.24) is 4.98 Å². The minimum Gasteiger partial charge on any atom is -0.497 e. The normalized spacial score (nSPS) is 19.8. The van der Waals surface area contributed by atoms with Crippen LogP contribution in [0, 0.1) is 6.92 Å². The molecule has 8 nitrogen and oxygen atoms in total. The van der Waals surface area contributed by atoms with Crippen LogP contribution < -0.4 is 4.74 Å². The number of nitrogens with zero attached hydrogens (tertiary/aromatic N) is 1. The lowest BCUT2D eigenvalue weighted by Crippen LogP contribution is -2.34. The zero-order valence-electron chi connectivity index (χ0n) is 18.3. The highest BCUT2D eigenvalue weighted by Gasteiger charge is 2.26. The third-order valence-corrected chi connectivity index (χ3v) is 5.37. The van der Waals surface area contributed by atoms with E-state index in [2.05, 4.69) is 4.98 Å². The Morgan fingerprint density at radius 1 is 1.29 bits per heavy atom. The SMILES string of the molecule is CCOC(CO[C@@H]1CCC[C@H](OCc2nc(-c3cccc(OC)c3)oc2C)C1)C(=O)O. The largest absolute Gasteiger partial charge is 0.497 e. The van der Waals surface area contributed by atoms with E-state index in [0.29, 0.717) is 19.1 Å². The summed E-state index contributed by atoms with van der Waals surface area (Å²) in [7, 11) is 1.62. The van der Waals surface area contributed by atoms with Crippen LogP contribution in [-0.4, -0.2) is 54.7 Å². The molecule has 2 aromatic rings. The number of aromatic nitrogens is 1. The van der Waals surface area contributed by atoms with Gasteiger partial charge in [0, 0.05) is 12.2 Å². The fraction of sp³-hybridized carbons (Fsp3) is 0.565. The Bertz CT molecular complexity index is 850. The zero-order valence-corrected chi connectivity index (χ0v) is 18.3. The monoisotopic (exact) mass is 433 g/mol. The number of aryl methyl sites for hydroxylation is 1. The molecule has 0 bridgehead atoms. The molecule has 1 unspecified atom stereocenters. The quantitative estimate of drug-likeness (QED) is 0.568. The third-order valence-electron chi connectivity index (χ3n) is 5.37. The molecule has 0 spiro atoms. The Balaban J connectivity index is 1.52. The van der Waals surface area contributed by atoms with Crippen LogP contribution >= 0.6 is 0 Å². The van der Waals surface area contributed by atoms with Crippen molar-refractivity contribution in [3.63, 3.8) is 0 Å². The molecule has 3 atom stereocenters. The van der Waals surface area contributed by atoms with Gasteiger partial charge in [-0.2, -0.15) is 0 Å². The van der Waals surface area contributed by atoms with Crippen molar-refractivity contribution >= 4 is 5.97 Å².